The zero-order valence-electron chi connectivity index (χ0n) is 12.3. The Morgan fingerprint density at radius 1 is 0.875 bits per heavy atom. The highest BCUT2D eigenvalue weighted by Gasteiger charge is 2.13. The van der Waals surface area contributed by atoms with Gasteiger partial charge in [-0.1, -0.05) is 47.5 Å². The second kappa shape index (κ2) is 7.29. The van der Waals surface area contributed by atoms with E-state index in [4.69, 9.17) is 23.2 Å². The number of amides is 1. The molecule has 0 bridgehead atoms. The van der Waals surface area contributed by atoms with Gasteiger partial charge in [-0.15, -0.1) is 0 Å². The fourth-order valence-electron chi connectivity index (χ4n) is 1.97. The number of nitrogens with one attached hydrogen (secondary N) is 2. The molecule has 7 heteroatoms. The van der Waals surface area contributed by atoms with E-state index in [-0.39, 0.29) is 5.69 Å². The number of para-hydroxylation sites is 2. The summed E-state index contributed by atoms with van der Waals surface area (Å²) >= 11 is 12.1. The second-order valence-corrected chi connectivity index (χ2v) is 5.64. The molecule has 0 saturated carbocycles. The summed E-state index contributed by atoms with van der Waals surface area (Å²) < 4.78 is 0. The van der Waals surface area contributed by atoms with Gasteiger partial charge in [0.15, 0.2) is 0 Å². The molecule has 1 heterocycles. The molecule has 2 aromatic carbocycles. The highest BCUT2D eigenvalue weighted by molar-refractivity contribution is 6.39. The maximum absolute atomic E-state index is 12.2. The Hall–Kier alpha value is -2.63. The summed E-state index contributed by atoms with van der Waals surface area (Å²) in [5.74, 6) is 0.0947. The van der Waals surface area contributed by atoms with Gasteiger partial charge >= 0.3 is 0 Å². The van der Waals surface area contributed by atoms with Crippen LogP contribution in [0.4, 0.5) is 17.2 Å². The maximum Gasteiger partial charge on any atom is 0.275 e. The zero-order valence-corrected chi connectivity index (χ0v) is 13.8. The number of benzene rings is 2. The van der Waals surface area contributed by atoms with E-state index < -0.39 is 5.91 Å². The Balaban J connectivity index is 1.72. The molecule has 24 heavy (non-hydrogen) atoms. The topological polar surface area (TPSA) is 66.9 Å². The molecule has 2 N–H and O–H groups in total. The standard InChI is InChI=1S/C17H12Cl2N4O/c18-12-7-4-8-13(19)16(12)23-17(24)14-9-21-15(10-20-14)22-11-5-2-1-3-6-11/h1-10H,(H,21,22)(H,23,24). The molecule has 0 aliphatic heterocycles. The van der Waals surface area contributed by atoms with Gasteiger partial charge in [-0.25, -0.2) is 9.97 Å². The van der Waals surface area contributed by atoms with Gasteiger partial charge in [-0.2, -0.15) is 0 Å². The van der Waals surface area contributed by atoms with Gasteiger partial charge in [-0.3, -0.25) is 4.79 Å². The molecule has 1 amide bonds. The third-order valence-electron chi connectivity index (χ3n) is 3.13. The Bertz CT molecular complexity index is 834. The number of carbonyl (C=O) groups is 1. The van der Waals surface area contributed by atoms with Gasteiger partial charge in [0.2, 0.25) is 0 Å². The van der Waals surface area contributed by atoms with Crippen LogP contribution in [-0.2, 0) is 0 Å². The first kappa shape index (κ1) is 16.2. The molecule has 0 fully saturated rings. The number of hydrogen-bond acceptors (Lipinski definition) is 4. The molecular formula is C17H12Cl2N4O. The van der Waals surface area contributed by atoms with Crippen molar-refractivity contribution < 1.29 is 4.79 Å². The van der Waals surface area contributed by atoms with Crippen molar-refractivity contribution in [3.63, 3.8) is 0 Å². The summed E-state index contributed by atoms with van der Waals surface area (Å²) in [6.07, 6.45) is 2.86. The Labute approximate surface area is 148 Å². The summed E-state index contributed by atoms with van der Waals surface area (Å²) in [6, 6.07) is 14.5. The molecule has 0 unspecified atom stereocenters. The first-order valence-corrected chi connectivity index (χ1v) is 7.78. The molecule has 0 spiro atoms. The lowest BCUT2D eigenvalue weighted by atomic mass is 10.3. The fraction of sp³-hybridized carbons (Fsp3) is 0. The molecular weight excluding hydrogens is 347 g/mol. The summed E-state index contributed by atoms with van der Waals surface area (Å²) in [7, 11) is 0. The third-order valence-corrected chi connectivity index (χ3v) is 3.76. The van der Waals surface area contributed by atoms with Gasteiger partial charge in [-0.05, 0) is 24.3 Å². The van der Waals surface area contributed by atoms with Crippen LogP contribution in [-0.4, -0.2) is 15.9 Å². The van der Waals surface area contributed by atoms with E-state index in [1.807, 2.05) is 30.3 Å². The number of halogens is 2. The van der Waals surface area contributed by atoms with E-state index in [1.165, 1.54) is 12.4 Å². The first-order valence-electron chi connectivity index (χ1n) is 7.03. The van der Waals surface area contributed by atoms with E-state index in [0.29, 0.717) is 21.6 Å². The molecule has 5 nitrogen and oxygen atoms in total. The predicted octanol–water partition coefficient (Wildman–Crippen LogP) is 4.78. The lowest BCUT2D eigenvalue weighted by Crippen LogP contribution is -2.15. The molecule has 0 aliphatic rings. The smallest absolute Gasteiger partial charge is 0.275 e. The third kappa shape index (κ3) is 3.82. The van der Waals surface area contributed by atoms with Crippen molar-refractivity contribution >= 4 is 46.3 Å². The molecule has 1 aromatic heterocycles. The molecule has 0 aliphatic carbocycles. The quantitative estimate of drug-likeness (QED) is 0.704. The monoisotopic (exact) mass is 358 g/mol. The van der Waals surface area contributed by atoms with E-state index in [1.54, 1.807) is 18.2 Å². The van der Waals surface area contributed by atoms with Crippen molar-refractivity contribution in [3.05, 3.63) is 76.7 Å². The van der Waals surface area contributed by atoms with Crippen molar-refractivity contribution in [2.45, 2.75) is 0 Å². The molecule has 3 rings (SSSR count). The lowest BCUT2D eigenvalue weighted by Gasteiger charge is -2.09. The van der Waals surface area contributed by atoms with Crippen LogP contribution in [0.15, 0.2) is 60.9 Å². The van der Waals surface area contributed by atoms with Crippen LogP contribution >= 0.6 is 23.2 Å². The number of hydrogen-bond donors (Lipinski definition) is 2. The van der Waals surface area contributed by atoms with E-state index >= 15 is 0 Å². The van der Waals surface area contributed by atoms with Gasteiger partial charge in [0, 0.05) is 5.69 Å². The Kier molecular flexibility index (Phi) is 4.93. The average molecular weight is 359 g/mol. The van der Waals surface area contributed by atoms with E-state index in [9.17, 15) is 4.79 Å². The number of anilines is 3. The number of rotatable bonds is 4. The van der Waals surface area contributed by atoms with Crippen molar-refractivity contribution in [1.82, 2.24) is 9.97 Å². The minimum Gasteiger partial charge on any atom is -0.339 e. The van der Waals surface area contributed by atoms with Gasteiger partial charge < -0.3 is 10.6 Å². The van der Waals surface area contributed by atoms with Crippen molar-refractivity contribution in [1.29, 1.82) is 0 Å². The predicted molar refractivity (Wildman–Crippen MR) is 96.2 cm³/mol. The van der Waals surface area contributed by atoms with Crippen LogP contribution in [0.3, 0.4) is 0 Å². The number of carbonyl (C=O) groups excluding carboxylic acids is 1. The minimum atomic E-state index is -0.441. The summed E-state index contributed by atoms with van der Waals surface area (Å²) in [5, 5.41) is 6.43. The molecule has 0 saturated heterocycles. The van der Waals surface area contributed by atoms with Crippen LogP contribution in [0, 0.1) is 0 Å². The number of aromatic nitrogens is 2. The molecule has 0 radical (unpaired) electrons. The SMILES string of the molecule is O=C(Nc1c(Cl)cccc1Cl)c1cnc(Nc2ccccc2)cn1. The van der Waals surface area contributed by atoms with Crippen molar-refractivity contribution in [2.24, 2.45) is 0 Å². The maximum atomic E-state index is 12.2. The average Bonchev–Trinajstić information content (AvgIpc) is 2.60. The highest BCUT2D eigenvalue weighted by Crippen LogP contribution is 2.30. The van der Waals surface area contributed by atoms with Crippen molar-refractivity contribution in [2.75, 3.05) is 10.6 Å². The fourth-order valence-corrected chi connectivity index (χ4v) is 2.47. The van der Waals surface area contributed by atoms with Crippen molar-refractivity contribution in [3.8, 4) is 0 Å². The Morgan fingerprint density at radius 2 is 1.58 bits per heavy atom. The van der Waals surface area contributed by atoms with Gasteiger partial charge in [0.05, 0.1) is 28.1 Å². The van der Waals surface area contributed by atoms with Crippen LogP contribution in [0.5, 0.6) is 0 Å². The van der Waals surface area contributed by atoms with Crippen LogP contribution < -0.4 is 10.6 Å². The summed E-state index contributed by atoms with van der Waals surface area (Å²) in [4.78, 5) is 20.5. The lowest BCUT2D eigenvalue weighted by molar-refractivity contribution is 0.102. The summed E-state index contributed by atoms with van der Waals surface area (Å²) in [5.41, 5.74) is 1.38. The highest BCUT2D eigenvalue weighted by atomic mass is 35.5. The second-order valence-electron chi connectivity index (χ2n) is 4.83. The molecule has 0 atom stereocenters. The van der Waals surface area contributed by atoms with E-state index in [0.717, 1.165) is 5.69 Å². The normalized spacial score (nSPS) is 10.2. The van der Waals surface area contributed by atoms with Crippen LogP contribution in [0.1, 0.15) is 10.5 Å². The van der Waals surface area contributed by atoms with Crippen LogP contribution in [0.25, 0.3) is 0 Å². The van der Waals surface area contributed by atoms with Crippen LogP contribution in [0.2, 0.25) is 10.0 Å². The Morgan fingerprint density at radius 3 is 2.21 bits per heavy atom. The van der Waals surface area contributed by atoms with Gasteiger partial charge in [0.1, 0.15) is 11.5 Å². The largest absolute Gasteiger partial charge is 0.339 e. The van der Waals surface area contributed by atoms with Gasteiger partial charge in [0.25, 0.3) is 5.91 Å². The molecule has 120 valence electrons. The summed E-state index contributed by atoms with van der Waals surface area (Å²) in [6.45, 7) is 0. The minimum absolute atomic E-state index is 0.157. The molecule has 3 aromatic rings. The number of nitrogens with zero attached hydrogens (tertiary/aromatic N) is 2. The first-order chi connectivity index (χ1) is 11.6. The van der Waals surface area contributed by atoms with E-state index in [2.05, 4.69) is 20.6 Å². The zero-order chi connectivity index (χ0) is 16.9.